The summed E-state index contributed by atoms with van der Waals surface area (Å²) in [6.07, 6.45) is 6.14. The molecule has 1 aromatic carbocycles. The van der Waals surface area contributed by atoms with Crippen LogP contribution in [0.15, 0.2) is 30.3 Å². The van der Waals surface area contributed by atoms with Crippen molar-refractivity contribution in [2.24, 2.45) is 29.1 Å². The number of hydrogen-bond donors (Lipinski definition) is 1. The van der Waals surface area contributed by atoms with E-state index in [9.17, 15) is 9.59 Å². The first-order valence-electron chi connectivity index (χ1n) is 10.7. The molecule has 5 atom stereocenters. The van der Waals surface area contributed by atoms with Gasteiger partial charge in [-0.1, -0.05) is 30.3 Å². The molecule has 152 valence electrons. The van der Waals surface area contributed by atoms with Crippen molar-refractivity contribution >= 4 is 12.1 Å². The molecule has 4 fully saturated rings. The molecule has 4 saturated carbocycles. The SMILES string of the molecule is CCOC(=O)CC1[C@@H]2CC3C[C@H]1CC(CNC(=O)OCc1ccccc1)(C3)C2. The van der Waals surface area contributed by atoms with Gasteiger partial charge in [-0.15, -0.1) is 0 Å². The monoisotopic (exact) mass is 385 g/mol. The standard InChI is InChI=1S/C23H31NO4/c1-2-27-21(25)10-20-18-8-17-9-19(20)13-23(11-17,12-18)15-24-22(26)28-14-16-6-4-3-5-7-16/h3-7,17-20H,2,8-15H2,1H3,(H,24,26)/t17?,18-,19+,20?,23?. The predicted octanol–water partition coefficient (Wildman–Crippen LogP) is 4.31. The van der Waals surface area contributed by atoms with E-state index in [1.54, 1.807) is 0 Å². The second-order valence-electron chi connectivity index (χ2n) is 9.06. The molecular formula is C23H31NO4. The van der Waals surface area contributed by atoms with E-state index in [0.717, 1.165) is 24.3 Å². The number of amides is 1. The zero-order valence-corrected chi connectivity index (χ0v) is 16.7. The van der Waals surface area contributed by atoms with Gasteiger partial charge in [0.1, 0.15) is 6.61 Å². The Morgan fingerprint density at radius 3 is 2.46 bits per heavy atom. The quantitative estimate of drug-likeness (QED) is 0.711. The Morgan fingerprint density at radius 1 is 1.07 bits per heavy atom. The van der Waals surface area contributed by atoms with Crippen molar-refractivity contribution in [2.75, 3.05) is 13.2 Å². The Kier molecular flexibility index (Phi) is 5.61. The lowest BCUT2D eigenvalue weighted by atomic mass is 9.45. The summed E-state index contributed by atoms with van der Waals surface area (Å²) < 4.78 is 10.6. The molecule has 0 spiro atoms. The van der Waals surface area contributed by atoms with E-state index in [2.05, 4.69) is 5.32 Å². The fourth-order valence-corrected chi connectivity index (χ4v) is 6.29. The highest BCUT2D eigenvalue weighted by atomic mass is 16.5. The second kappa shape index (κ2) is 8.14. The largest absolute Gasteiger partial charge is 0.466 e. The summed E-state index contributed by atoms with van der Waals surface area (Å²) in [5.74, 6) is 2.36. The van der Waals surface area contributed by atoms with E-state index in [4.69, 9.17) is 9.47 Å². The Balaban J connectivity index is 1.30. The molecule has 3 unspecified atom stereocenters. The predicted molar refractivity (Wildman–Crippen MR) is 105 cm³/mol. The van der Waals surface area contributed by atoms with Crippen LogP contribution in [0.1, 0.15) is 51.0 Å². The fraction of sp³-hybridized carbons (Fsp3) is 0.652. The number of benzene rings is 1. The molecule has 5 nitrogen and oxygen atoms in total. The van der Waals surface area contributed by atoms with E-state index in [0.29, 0.717) is 43.9 Å². The molecule has 4 aliphatic carbocycles. The van der Waals surface area contributed by atoms with Gasteiger partial charge in [0, 0.05) is 13.0 Å². The average molecular weight is 386 g/mol. The number of hydrogen-bond acceptors (Lipinski definition) is 4. The fourth-order valence-electron chi connectivity index (χ4n) is 6.29. The van der Waals surface area contributed by atoms with Crippen LogP contribution in [0.25, 0.3) is 0 Å². The van der Waals surface area contributed by atoms with Crippen molar-refractivity contribution < 1.29 is 19.1 Å². The third kappa shape index (κ3) is 4.18. The average Bonchev–Trinajstić information content (AvgIpc) is 2.68. The van der Waals surface area contributed by atoms with Gasteiger partial charge in [0.2, 0.25) is 0 Å². The number of carbonyl (C=O) groups excluding carboxylic acids is 2. The van der Waals surface area contributed by atoms with Gasteiger partial charge in [-0.2, -0.15) is 0 Å². The van der Waals surface area contributed by atoms with Gasteiger partial charge in [-0.3, -0.25) is 4.79 Å². The van der Waals surface area contributed by atoms with Gasteiger partial charge in [-0.05, 0) is 73.7 Å². The van der Waals surface area contributed by atoms with Crippen LogP contribution in [0.5, 0.6) is 0 Å². The van der Waals surface area contributed by atoms with E-state index in [1.165, 1.54) is 19.3 Å². The first-order chi connectivity index (χ1) is 13.6. The smallest absolute Gasteiger partial charge is 0.407 e. The van der Waals surface area contributed by atoms with Gasteiger partial charge in [-0.25, -0.2) is 4.79 Å². The summed E-state index contributed by atoms with van der Waals surface area (Å²) in [5.41, 5.74) is 1.18. The third-order valence-electron chi connectivity index (χ3n) is 7.12. The third-order valence-corrected chi connectivity index (χ3v) is 7.12. The maximum absolute atomic E-state index is 12.2. The summed E-state index contributed by atoms with van der Waals surface area (Å²) in [6, 6.07) is 9.75. The first kappa shape index (κ1) is 19.3. The normalized spacial score (nSPS) is 32.8. The first-order valence-corrected chi connectivity index (χ1v) is 10.7. The number of carbonyl (C=O) groups is 2. The molecule has 1 amide bonds. The van der Waals surface area contributed by atoms with E-state index < -0.39 is 0 Å². The Morgan fingerprint density at radius 2 is 1.79 bits per heavy atom. The highest BCUT2D eigenvalue weighted by Gasteiger charge is 2.55. The van der Waals surface area contributed by atoms with Crippen LogP contribution in [0, 0.1) is 29.1 Å². The van der Waals surface area contributed by atoms with Crippen molar-refractivity contribution in [3.05, 3.63) is 35.9 Å². The van der Waals surface area contributed by atoms with Gasteiger partial charge in [0.05, 0.1) is 6.61 Å². The van der Waals surface area contributed by atoms with Crippen LogP contribution in [-0.4, -0.2) is 25.2 Å². The molecule has 5 rings (SSSR count). The minimum atomic E-state index is -0.331. The minimum Gasteiger partial charge on any atom is -0.466 e. The Bertz CT molecular complexity index is 688. The molecule has 4 bridgehead atoms. The van der Waals surface area contributed by atoms with Gasteiger partial charge in [0.25, 0.3) is 0 Å². The van der Waals surface area contributed by atoms with E-state index >= 15 is 0 Å². The van der Waals surface area contributed by atoms with Crippen LogP contribution in [0.3, 0.4) is 0 Å². The maximum atomic E-state index is 12.2. The zero-order valence-electron chi connectivity index (χ0n) is 16.7. The summed E-state index contributed by atoms with van der Waals surface area (Å²) in [5, 5.41) is 3.03. The van der Waals surface area contributed by atoms with Crippen LogP contribution < -0.4 is 5.32 Å². The second-order valence-corrected chi connectivity index (χ2v) is 9.06. The number of esters is 1. The molecule has 0 saturated heterocycles. The molecule has 0 aliphatic heterocycles. The molecular weight excluding hydrogens is 354 g/mol. The molecule has 0 aromatic heterocycles. The number of nitrogens with one attached hydrogen (secondary N) is 1. The molecule has 0 heterocycles. The lowest BCUT2D eigenvalue weighted by molar-refractivity contribution is -0.151. The molecule has 1 N–H and O–H groups in total. The zero-order chi connectivity index (χ0) is 19.6. The Hall–Kier alpha value is -2.04. The van der Waals surface area contributed by atoms with Gasteiger partial charge in [0.15, 0.2) is 0 Å². The molecule has 5 heteroatoms. The van der Waals surface area contributed by atoms with E-state index in [-0.39, 0.29) is 17.5 Å². The van der Waals surface area contributed by atoms with Crippen LogP contribution in [0.2, 0.25) is 0 Å². The highest BCUT2D eigenvalue weighted by Crippen LogP contribution is 2.62. The lowest BCUT2D eigenvalue weighted by Gasteiger charge is -2.60. The van der Waals surface area contributed by atoms with Gasteiger partial charge < -0.3 is 14.8 Å². The van der Waals surface area contributed by atoms with E-state index in [1.807, 2.05) is 37.3 Å². The maximum Gasteiger partial charge on any atom is 0.407 e. The Labute approximate surface area is 167 Å². The van der Waals surface area contributed by atoms with Crippen molar-refractivity contribution in [3.8, 4) is 0 Å². The van der Waals surface area contributed by atoms with Crippen molar-refractivity contribution in [1.82, 2.24) is 5.32 Å². The van der Waals surface area contributed by atoms with Crippen LogP contribution in [-0.2, 0) is 20.9 Å². The summed E-state index contributed by atoms with van der Waals surface area (Å²) in [7, 11) is 0. The molecule has 1 aromatic rings. The molecule has 0 radical (unpaired) electrons. The number of rotatable bonds is 7. The summed E-state index contributed by atoms with van der Waals surface area (Å²) in [4.78, 5) is 24.2. The van der Waals surface area contributed by atoms with Crippen molar-refractivity contribution in [1.29, 1.82) is 0 Å². The summed E-state index contributed by atoms with van der Waals surface area (Å²) in [6.45, 7) is 3.32. The van der Waals surface area contributed by atoms with Crippen LogP contribution >= 0.6 is 0 Å². The van der Waals surface area contributed by atoms with Gasteiger partial charge >= 0.3 is 12.1 Å². The molecule has 4 aliphatic rings. The lowest BCUT2D eigenvalue weighted by Crippen LogP contribution is -2.55. The van der Waals surface area contributed by atoms with Crippen molar-refractivity contribution in [3.63, 3.8) is 0 Å². The topological polar surface area (TPSA) is 64.6 Å². The molecule has 28 heavy (non-hydrogen) atoms. The van der Waals surface area contributed by atoms with Crippen LogP contribution in [0.4, 0.5) is 4.79 Å². The number of ether oxygens (including phenoxy) is 2. The highest BCUT2D eigenvalue weighted by molar-refractivity contribution is 5.69. The summed E-state index contributed by atoms with van der Waals surface area (Å²) >= 11 is 0. The van der Waals surface area contributed by atoms with Crippen molar-refractivity contribution in [2.45, 2.75) is 52.1 Å². The minimum absolute atomic E-state index is 0.0448. The number of alkyl carbamates (subject to hydrolysis) is 1.